The summed E-state index contributed by atoms with van der Waals surface area (Å²) in [4.78, 5) is 12.2. The molecule has 4 N–H and O–H groups in total. The zero-order valence-electron chi connectivity index (χ0n) is 17.5. The fourth-order valence-corrected chi connectivity index (χ4v) is 4.03. The second kappa shape index (κ2) is 10.3. The van der Waals surface area contributed by atoms with Gasteiger partial charge >= 0.3 is 0 Å². The highest BCUT2D eigenvalue weighted by Gasteiger charge is 2.08. The summed E-state index contributed by atoms with van der Waals surface area (Å²) in [6.07, 6.45) is 11.1. The van der Waals surface area contributed by atoms with Crippen LogP contribution in [0.2, 0.25) is 0 Å². The predicted octanol–water partition coefficient (Wildman–Crippen LogP) is 4.51. The Morgan fingerprint density at radius 1 is 0.933 bits per heavy atom. The van der Waals surface area contributed by atoms with Crippen LogP contribution in [0.5, 0.6) is 0 Å². The minimum atomic E-state index is 0.765. The van der Waals surface area contributed by atoms with Crippen LogP contribution in [0.15, 0.2) is 54.9 Å². The maximum Gasteiger partial charge on any atom is 0.0651 e. The van der Waals surface area contributed by atoms with Gasteiger partial charge in [-0.2, -0.15) is 0 Å². The third kappa shape index (κ3) is 5.04. The second-order valence-corrected chi connectivity index (χ2v) is 7.88. The van der Waals surface area contributed by atoms with Gasteiger partial charge in [0.2, 0.25) is 0 Å². The van der Waals surface area contributed by atoms with Gasteiger partial charge in [0.15, 0.2) is 0 Å². The Morgan fingerprint density at radius 2 is 1.83 bits per heavy atom. The van der Waals surface area contributed by atoms with E-state index in [0.29, 0.717) is 0 Å². The number of pyridine rings is 2. The molecule has 0 radical (unpaired) electrons. The van der Waals surface area contributed by atoms with E-state index in [1.165, 1.54) is 47.7 Å². The molecule has 5 heteroatoms. The number of fused-ring (bicyclic) bond motifs is 4. The van der Waals surface area contributed by atoms with Gasteiger partial charge in [-0.05, 0) is 75.4 Å². The Labute approximate surface area is 178 Å². The van der Waals surface area contributed by atoms with E-state index in [1.807, 2.05) is 24.5 Å². The SMILES string of the molecule is NCCCCNCc1cc2c(cn1)[nH]c1ccccc12.c1cnc2c(c1)CCCC2. The summed E-state index contributed by atoms with van der Waals surface area (Å²) >= 11 is 0. The van der Waals surface area contributed by atoms with Crippen LogP contribution in [0, 0.1) is 0 Å². The first-order valence-corrected chi connectivity index (χ1v) is 11.0. The van der Waals surface area contributed by atoms with Gasteiger partial charge in [-0.3, -0.25) is 9.97 Å². The van der Waals surface area contributed by atoms with E-state index < -0.39 is 0 Å². The lowest BCUT2D eigenvalue weighted by Crippen LogP contribution is -2.16. The van der Waals surface area contributed by atoms with Gasteiger partial charge in [-0.1, -0.05) is 24.3 Å². The average Bonchev–Trinajstić information content (AvgIpc) is 3.17. The fraction of sp³-hybridized carbons (Fsp3) is 0.360. The lowest BCUT2D eigenvalue weighted by atomic mass is 9.96. The lowest BCUT2D eigenvalue weighted by molar-refractivity contribution is 0.621. The largest absolute Gasteiger partial charge is 0.353 e. The first kappa shape index (κ1) is 20.5. The van der Waals surface area contributed by atoms with Crippen molar-refractivity contribution in [2.75, 3.05) is 13.1 Å². The molecule has 1 aromatic carbocycles. The number of aryl methyl sites for hydroxylation is 2. The highest BCUT2D eigenvalue weighted by molar-refractivity contribution is 6.06. The van der Waals surface area contributed by atoms with Crippen molar-refractivity contribution in [1.29, 1.82) is 0 Å². The highest BCUT2D eigenvalue weighted by Crippen LogP contribution is 2.24. The van der Waals surface area contributed by atoms with E-state index in [-0.39, 0.29) is 0 Å². The molecule has 0 unspecified atom stereocenters. The van der Waals surface area contributed by atoms with E-state index in [9.17, 15) is 0 Å². The molecule has 30 heavy (non-hydrogen) atoms. The molecule has 0 amide bonds. The molecular formula is C25H31N5. The molecule has 1 aliphatic rings. The molecule has 4 aromatic rings. The summed E-state index contributed by atoms with van der Waals surface area (Å²) in [6.45, 7) is 2.56. The van der Waals surface area contributed by atoms with Crippen LogP contribution in [-0.4, -0.2) is 28.0 Å². The smallest absolute Gasteiger partial charge is 0.0651 e. The van der Waals surface area contributed by atoms with Crippen molar-refractivity contribution in [1.82, 2.24) is 20.3 Å². The summed E-state index contributed by atoms with van der Waals surface area (Å²) in [5, 5.41) is 5.92. The van der Waals surface area contributed by atoms with Crippen molar-refractivity contribution in [3.63, 3.8) is 0 Å². The summed E-state index contributed by atoms with van der Waals surface area (Å²) in [5.74, 6) is 0. The summed E-state index contributed by atoms with van der Waals surface area (Å²) in [5.41, 5.74) is 11.6. The van der Waals surface area contributed by atoms with E-state index >= 15 is 0 Å². The number of aromatic amines is 1. The highest BCUT2D eigenvalue weighted by atomic mass is 14.9. The average molecular weight is 402 g/mol. The Hall–Kier alpha value is -2.76. The van der Waals surface area contributed by atoms with Crippen molar-refractivity contribution in [3.05, 3.63) is 71.8 Å². The minimum absolute atomic E-state index is 0.765. The molecule has 0 spiro atoms. The fourth-order valence-electron chi connectivity index (χ4n) is 4.03. The van der Waals surface area contributed by atoms with Crippen molar-refractivity contribution >= 4 is 21.8 Å². The number of aromatic nitrogens is 3. The molecule has 3 heterocycles. The van der Waals surface area contributed by atoms with Crippen LogP contribution in [0.4, 0.5) is 0 Å². The third-order valence-electron chi connectivity index (χ3n) is 5.66. The van der Waals surface area contributed by atoms with E-state index in [1.54, 1.807) is 0 Å². The lowest BCUT2D eigenvalue weighted by Gasteiger charge is -2.12. The van der Waals surface area contributed by atoms with Crippen molar-refractivity contribution < 1.29 is 0 Å². The number of benzene rings is 1. The van der Waals surface area contributed by atoms with Crippen molar-refractivity contribution in [2.45, 2.75) is 45.1 Å². The predicted molar refractivity (Wildman–Crippen MR) is 124 cm³/mol. The maximum absolute atomic E-state index is 5.48. The Morgan fingerprint density at radius 3 is 2.73 bits per heavy atom. The first-order valence-electron chi connectivity index (χ1n) is 11.0. The van der Waals surface area contributed by atoms with Crippen molar-refractivity contribution in [3.8, 4) is 0 Å². The summed E-state index contributed by atoms with van der Waals surface area (Å²) in [7, 11) is 0. The molecular weight excluding hydrogens is 370 g/mol. The molecule has 0 fully saturated rings. The molecule has 0 aliphatic heterocycles. The zero-order valence-corrected chi connectivity index (χ0v) is 17.5. The van der Waals surface area contributed by atoms with Crippen LogP contribution in [0.1, 0.15) is 42.6 Å². The maximum atomic E-state index is 5.48. The first-order chi connectivity index (χ1) is 14.8. The number of unbranched alkanes of at least 4 members (excludes halogenated alkanes) is 1. The van der Waals surface area contributed by atoms with Gasteiger partial charge in [0, 0.05) is 34.7 Å². The van der Waals surface area contributed by atoms with Crippen LogP contribution >= 0.6 is 0 Å². The Kier molecular flexibility index (Phi) is 7.06. The van der Waals surface area contributed by atoms with E-state index in [2.05, 4.69) is 50.6 Å². The number of nitrogens with one attached hydrogen (secondary N) is 2. The minimum Gasteiger partial charge on any atom is -0.353 e. The molecule has 1 aliphatic carbocycles. The standard InChI is InChI=1S/C16H20N4.C9H11N/c17-7-3-4-8-18-10-12-9-14-13-5-1-2-6-15(13)20-16(14)11-19-12;1-2-6-9-8(4-1)5-3-7-10-9/h1-2,5-6,9,11,18,20H,3-4,7-8,10,17H2;3,5,7H,1-2,4,6H2. The number of hydrogen-bond donors (Lipinski definition) is 3. The van der Waals surface area contributed by atoms with Gasteiger partial charge in [0.05, 0.1) is 17.4 Å². The summed E-state index contributed by atoms with van der Waals surface area (Å²) < 4.78 is 0. The topological polar surface area (TPSA) is 79.6 Å². The Balaban J connectivity index is 0.000000181. The zero-order chi connectivity index (χ0) is 20.6. The number of nitrogens with zero attached hydrogens (tertiary/aromatic N) is 2. The molecule has 5 rings (SSSR count). The van der Waals surface area contributed by atoms with Crippen LogP contribution in [0.25, 0.3) is 21.8 Å². The molecule has 5 nitrogen and oxygen atoms in total. The molecule has 0 saturated carbocycles. The second-order valence-electron chi connectivity index (χ2n) is 7.88. The van der Waals surface area contributed by atoms with E-state index in [4.69, 9.17) is 5.73 Å². The normalized spacial score (nSPS) is 13.1. The van der Waals surface area contributed by atoms with Crippen LogP contribution < -0.4 is 11.1 Å². The third-order valence-corrected chi connectivity index (χ3v) is 5.66. The van der Waals surface area contributed by atoms with Gasteiger partial charge in [0.1, 0.15) is 0 Å². The number of H-pyrrole nitrogens is 1. The molecule has 0 atom stereocenters. The van der Waals surface area contributed by atoms with Crippen LogP contribution in [-0.2, 0) is 19.4 Å². The van der Waals surface area contributed by atoms with Gasteiger partial charge in [0.25, 0.3) is 0 Å². The molecule has 3 aromatic heterocycles. The van der Waals surface area contributed by atoms with Gasteiger partial charge < -0.3 is 16.0 Å². The monoisotopic (exact) mass is 401 g/mol. The van der Waals surface area contributed by atoms with Gasteiger partial charge in [-0.25, -0.2) is 0 Å². The molecule has 0 saturated heterocycles. The number of hydrogen-bond acceptors (Lipinski definition) is 4. The van der Waals surface area contributed by atoms with Gasteiger partial charge in [-0.15, -0.1) is 0 Å². The number of nitrogens with two attached hydrogens (primary N) is 1. The van der Waals surface area contributed by atoms with Crippen molar-refractivity contribution in [2.24, 2.45) is 5.73 Å². The molecule has 156 valence electrons. The quantitative estimate of drug-likeness (QED) is 0.416. The van der Waals surface area contributed by atoms with E-state index in [0.717, 1.165) is 49.2 Å². The Bertz CT molecular complexity index is 1060. The number of rotatable bonds is 6. The number of para-hydroxylation sites is 1. The molecule has 0 bridgehead atoms. The summed E-state index contributed by atoms with van der Waals surface area (Å²) in [6, 6.07) is 14.8. The van der Waals surface area contributed by atoms with Crippen LogP contribution in [0.3, 0.4) is 0 Å².